The highest BCUT2D eigenvalue weighted by molar-refractivity contribution is 7.90. The molecule has 0 aromatic heterocycles. The van der Waals surface area contributed by atoms with Crippen LogP contribution >= 0.6 is 0 Å². The molecule has 0 bridgehead atoms. The monoisotopic (exact) mass is 401 g/mol. The van der Waals surface area contributed by atoms with Gasteiger partial charge in [-0.25, -0.2) is 13.4 Å². The van der Waals surface area contributed by atoms with Gasteiger partial charge in [-0.3, -0.25) is 0 Å². The number of hydrogen-bond donors (Lipinski definition) is 2. The van der Waals surface area contributed by atoms with Gasteiger partial charge in [0.2, 0.25) is 0 Å². The quantitative estimate of drug-likeness (QED) is 0.402. The Hall–Kier alpha value is -2.34. The summed E-state index contributed by atoms with van der Waals surface area (Å²) in [7, 11) is -3.20. The maximum Gasteiger partial charge on any atom is 0.191 e. The molecule has 0 aliphatic rings. The van der Waals surface area contributed by atoms with Gasteiger partial charge in [-0.2, -0.15) is 0 Å². The summed E-state index contributed by atoms with van der Waals surface area (Å²) >= 11 is 0. The molecule has 0 radical (unpaired) electrons. The molecule has 2 N–H and O–H groups in total. The second-order valence-corrected chi connectivity index (χ2v) is 9.14. The molecule has 152 valence electrons. The molecule has 0 saturated heterocycles. The number of unbranched alkanes of at least 4 members (excludes halogenated alkanes) is 1. The lowest BCUT2D eigenvalue weighted by Crippen LogP contribution is -2.37. The van der Waals surface area contributed by atoms with Crippen LogP contribution in [0.3, 0.4) is 0 Å². The van der Waals surface area contributed by atoms with Crippen molar-refractivity contribution in [1.82, 2.24) is 10.6 Å². The fourth-order valence-corrected chi connectivity index (χ4v) is 3.80. The first-order valence-electron chi connectivity index (χ1n) is 9.67. The first-order chi connectivity index (χ1) is 13.3. The Morgan fingerprint density at radius 3 is 2.29 bits per heavy atom. The van der Waals surface area contributed by atoms with Crippen molar-refractivity contribution >= 4 is 15.8 Å². The zero-order chi connectivity index (χ0) is 20.6. The van der Waals surface area contributed by atoms with Gasteiger partial charge in [-0.05, 0) is 43.0 Å². The molecule has 0 aliphatic heterocycles. The number of aliphatic imine (C=N–C) groups is 1. The number of sulfone groups is 1. The zero-order valence-corrected chi connectivity index (χ0v) is 18.1. The zero-order valence-electron chi connectivity index (χ0n) is 17.2. The van der Waals surface area contributed by atoms with Crippen molar-refractivity contribution in [3.63, 3.8) is 0 Å². The fourth-order valence-electron chi connectivity index (χ4n) is 2.85. The molecule has 0 amide bonds. The molecule has 2 rings (SSSR count). The van der Waals surface area contributed by atoms with Crippen molar-refractivity contribution < 1.29 is 8.42 Å². The lowest BCUT2D eigenvalue weighted by Gasteiger charge is -2.13. The van der Waals surface area contributed by atoms with Crippen LogP contribution in [0.4, 0.5) is 0 Å². The van der Waals surface area contributed by atoms with E-state index in [9.17, 15) is 8.42 Å². The van der Waals surface area contributed by atoms with E-state index in [4.69, 9.17) is 0 Å². The fraction of sp³-hybridized carbons (Fsp3) is 0.409. The van der Waals surface area contributed by atoms with Gasteiger partial charge < -0.3 is 10.6 Å². The summed E-state index contributed by atoms with van der Waals surface area (Å²) in [5, 5.41) is 6.74. The van der Waals surface area contributed by atoms with Gasteiger partial charge in [-0.15, -0.1) is 0 Å². The summed E-state index contributed by atoms with van der Waals surface area (Å²) in [6, 6.07) is 13.8. The summed E-state index contributed by atoms with van der Waals surface area (Å²) in [5.74, 6) is 0.763. The average Bonchev–Trinajstić information content (AvgIpc) is 2.64. The van der Waals surface area contributed by atoms with E-state index in [1.165, 1.54) is 17.4 Å². The Bertz CT molecular complexity index is 904. The Balaban J connectivity index is 2.08. The van der Waals surface area contributed by atoms with E-state index in [0.29, 0.717) is 18.0 Å². The molecule has 28 heavy (non-hydrogen) atoms. The van der Waals surface area contributed by atoms with Crippen molar-refractivity contribution in [3.8, 4) is 0 Å². The van der Waals surface area contributed by atoms with Crippen LogP contribution in [-0.4, -0.2) is 27.2 Å². The molecule has 0 heterocycles. The van der Waals surface area contributed by atoms with Crippen molar-refractivity contribution in [2.45, 2.75) is 51.6 Å². The molecule has 6 heteroatoms. The standard InChI is InChI=1S/C22H31N3O2S/c1-5-6-13-23-22(24-15-19-9-7-17(2)8-10-19)25-16-20-11-12-21(18(3)14-20)28(4,26)27/h7-12,14H,5-6,13,15-16H2,1-4H3,(H2,23,24,25). The molecule has 0 spiro atoms. The van der Waals surface area contributed by atoms with Crippen LogP contribution in [0.15, 0.2) is 52.4 Å². The third kappa shape index (κ3) is 7.00. The van der Waals surface area contributed by atoms with E-state index >= 15 is 0 Å². The normalized spacial score (nSPS) is 12.1. The van der Waals surface area contributed by atoms with Gasteiger partial charge in [-0.1, -0.05) is 55.3 Å². The van der Waals surface area contributed by atoms with Crippen LogP contribution in [0, 0.1) is 13.8 Å². The number of nitrogens with one attached hydrogen (secondary N) is 2. The third-order valence-corrected chi connectivity index (χ3v) is 5.72. The maximum absolute atomic E-state index is 11.8. The second-order valence-electron chi connectivity index (χ2n) is 7.16. The van der Waals surface area contributed by atoms with Crippen molar-refractivity contribution in [3.05, 3.63) is 64.7 Å². The number of rotatable bonds is 8. The molecule has 0 aliphatic carbocycles. The lowest BCUT2D eigenvalue weighted by atomic mass is 10.1. The van der Waals surface area contributed by atoms with Crippen LogP contribution in [0.1, 0.15) is 42.0 Å². The van der Waals surface area contributed by atoms with Crippen molar-refractivity contribution in [2.24, 2.45) is 4.99 Å². The topological polar surface area (TPSA) is 70.6 Å². The molecule has 0 unspecified atom stereocenters. The number of nitrogens with zero attached hydrogens (tertiary/aromatic N) is 1. The van der Waals surface area contributed by atoms with E-state index < -0.39 is 9.84 Å². The molecular weight excluding hydrogens is 370 g/mol. The molecule has 2 aromatic carbocycles. The minimum absolute atomic E-state index is 0.374. The van der Waals surface area contributed by atoms with Gasteiger partial charge in [0, 0.05) is 19.3 Å². The van der Waals surface area contributed by atoms with E-state index in [1.807, 2.05) is 19.1 Å². The van der Waals surface area contributed by atoms with E-state index in [-0.39, 0.29) is 0 Å². The summed E-state index contributed by atoms with van der Waals surface area (Å²) in [5.41, 5.74) is 4.18. The Morgan fingerprint density at radius 2 is 1.68 bits per heavy atom. The molecule has 5 nitrogen and oxygen atoms in total. The van der Waals surface area contributed by atoms with Crippen LogP contribution in [0.2, 0.25) is 0 Å². The van der Waals surface area contributed by atoms with Crippen LogP contribution in [0.5, 0.6) is 0 Å². The molecular formula is C22H31N3O2S. The number of guanidine groups is 1. The minimum atomic E-state index is -3.20. The number of hydrogen-bond acceptors (Lipinski definition) is 3. The highest BCUT2D eigenvalue weighted by atomic mass is 32.2. The Labute approximate surface area is 169 Å². The average molecular weight is 402 g/mol. The lowest BCUT2D eigenvalue weighted by molar-refractivity contribution is 0.601. The maximum atomic E-state index is 11.8. The first-order valence-corrected chi connectivity index (χ1v) is 11.6. The van der Waals surface area contributed by atoms with Crippen LogP contribution in [-0.2, 0) is 22.9 Å². The highest BCUT2D eigenvalue weighted by Crippen LogP contribution is 2.17. The van der Waals surface area contributed by atoms with Gasteiger partial charge in [0.05, 0.1) is 11.4 Å². The van der Waals surface area contributed by atoms with Gasteiger partial charge in [0.15, 0.2) is 15.8 Å². The Kier molecular flexibility index (Phi) is 8.05. The van der Waals surface area contributed by atoms with Crippen molar-refractivity contribution in [2.75, 3.05) is 12.8 Å². The summed E-state index contributed by atoms with van der Waals surface area (Å²) in [6.07, 6.45) is 3.43. The van der Waals surface area contributed by atoms with E-state index in [2.05, 4.69) is 53.7 Å². The molecule has 0 atom stereocenters. The first kappa shape index (κ1) is 22.0. The van der Waals surface area contributed by atoms with Crippen molar-refractivity contribution in [1.29, 1.82) is 0 Å². The van der Waals surface area contributed by atoms with Gasteiger partial charge >= 0.3 is 0 Å². The van der Waals surface area contributed by atoms with Crippen LogP contribution < -0.4 is 10.6 Å². The highest BCUT2D eigenvalue weighted by Gasteiger charge is 2.10. The summed E-state index contributed by atoms with van der Waals surface area (Å²) < 4.78 is 23.5. The molecule has 0 fully saturated rings. The van der Waals surface area contributed by atoms with Gasteiger partial charge in [0.1, 0.15) is 0 Å². The van der Waals surface area contributed by atoms with E-state index in [1.54, 1.807) is 6.07 Å². The SMILES string of the molecule is CCCCNC(=NCc1ccc(S(C)(=O)=O)c(C)c1)NCc1ccc(C)cc1. The third-order valence-electron chi connectivity index (χ3n) is 4.46. The summed E-state index contributed by atoms with van der Waals surface area (Å²) in [6.45, 7) is 8.10. The summed E-state index contributed by atoms with van der Waals surface area (Å²) in [4.78, 5) is 5.05. The second kappa shape index (κ2) is 10.3. The molecule has 2 aromatic rings. The Morgan fingerprint density at radius 1 is 1.00 bits per heavy atom. The predicted octanol–water partition coefficient (Wildman–Crippen LogP) is 3.74. The smallest absolute Gasteiger partial charge is 0.191 e. The number of aryl methyl sites for hydroxylation is 2. The number of benzene rings is 2. The largest absolute Gasteiger partial charge is 0.356 e. The van der Waals surface area contributed by atoms with E-state index in [0.717, 1.165) is 36.5 Å². The predicted molar refractivity (Wildman–Crippen MR) is 116 cm³/mol. The minimum Gasteiger partial charge on any atom is -0.356 e. The van der Waals surface area contributed by atoms with Gasteiger partial charge in [0.25, 0.3) is 0 Å². The van der Waals surface area contributed by atoms with Crippen LogP contribution in [0.25, 0.3) is 0 Å². The molecule has 0 saturated carbocycles.